The van der Waals surface area contributed by atoms with Crippen LogP contribution in [-0.4, -0.2) is 42.5 Å². The molecular formula is C9H15F2NO2. The van der Waals surface area contributed by atoms with Crippen LogP contribution in [0.2, 0.25) is 0 Å². The van der Waals surface area contributed by atoms with Gasteiger partial charge >= 0.3 is 0 Å². The van der Waals surface area contributed by atoms with E-state index in [1.54, 1.807) is 6.92 Å². The molecule has 0 aromatic rings. The summed E-state index contributed by atoms with van der Waals surface area (Å²) >= 11 is 0. The number of ether oxygens (including phenoxy) is 1. The largest absolute Gasteiger partial charge is 0.372 e. The standard InChI is InChI=1S/C9H15F2NO2/c1-3-14-8-4-5-12(7(2)13)6-9(8,10)11/h8H,3-6H2,1-2H3/t8-/m0/s1. The molecule has 1 heterocycles. The van der Waals surface area contributed by atoms with E-state index in [4.69, 9.17) is 4.74 Å². The fraction of sp³-hybridized carbons (Fsp3) is 0.889. The molecule has 1 fully saturated rings. The van der Waals surface area contributed by atoms with Crippen LogP contribution in [0.1, 0.15) is 20.3 Å². The molecule has 0 radical (unpaired) electrons. The van der Waals surface area contributed by atoms with E-state index in [0.717, 1.165) is 4.90 Å². The van der Waals surface area contributed by atoms with Gasteiger partial charge in [0.2, 0.25) is 5.91 Å². The molecule has 3 nitrogen and oxygen atoms in total. The van der Waals surface area contributed by atoms with Crippen molar-refractivity contribution in [2.45, 2.75) is 32.3 Å². The van der Waals surface area contributed by atoms with Gasteiger partial charge in [-0.15, -0.1) is 0 Å². The van der Waals surface area contributed by atoms with Gasteiger partial charge in [0, 0.05) is 20.1 Å². The number of carbonyl (C=O) groups is 1. The fourth-order valence-corrected chi connectivity index (χ4v) is 1.59. The average Bonchev–Trinajstić information content (AvgIpc) is 2.08. The van der Waals surface area contributed by atoms with Gasteiger partial charge in [-0.05, 0) is 13.3 Å². The smallest absolute Gasteiger partial charge is 0.290 e. The number of alkyl halides is 2. The number of hydrogen-bond donors (Lipinski definition) is 0. The second-order valence-corrected chi connectivity index (χ2v) is 3.43. The quantitative estimate of drug-likeness (QED) is 0.682. The maximum Gasteiger partial charge on any atom is 0.290 e. The van der Waals surface area contributed by atoms with Gasteiger partial charge in [-0.25, -0.2) is 8.78 Å². The Morgan fingerprint density at radius 2 is 2.29 bits per heavy atom. The van der Waals surface area contributed by atoms with E-state index in [1.165, 1.54) is 6.92 Å². The summed E-state index contributed by atoms with van der Waals surface area (Å²) in [7, 11) is 0. The number of likely N-dealkylation sites (tertiary alicyclic amines) is 1. The van der Waals surface area contributed by atoms with Crippen LogP contribution < -0.4 is 0 Å². The van der Waals surface area contributed by atoms with E-state index in [0.29, 0.717) is 6.54 Å². The van der Waals surface area contributed by atoms with Crippen molar-refractivity contribution in [3.05, 3.63) is 0 Å². The highest BCUT2D eigenvalue weighted by Gasteiger charge is 2.45. The molecule has 82 valence electrons. The molecule has 0 spiro atoms. The second kappa shape index (κ2) is 4.21. The van der Waals surface area contributed by atoms with Crippen LogP contribution in [-0.2, 0) is 9.53 Å². The molecule has 0 saturated carbocycles. The molecule has 1 rings (SSSR count). The first kappa shape index (κ1) is 11.4. The summed E-state index contributed by atoms with van der Waals surface area (Å²) in [6.45, 7) is 3.10. The zero-order valence-corrected chi connectivity index (χ0v) is 8.43. The maximum atomic E-state index is 13.3. The first-order chi connectivity index (χ1) is 6.47. The van der Waals surface area contributed by atoms with Gasteiger partial charge in [-0.1, -0.05) is 0 Å². The summed E-state index contributed by atoms with van der Waals surface area (Å²) in [6, 6.07) is 0. The number of rotatable bonds is 2. The lowest BCUT2D eigenvalue weighted by molar-refractivity contribution is -0.177. The highest BCUT2D eigenvalue weighted by atomic mass is 19.3. The zero-order chi connectivity index (χ0) is 10.8. The molecule has 0 aliphatic carbocycles. The third kappa shape index (κ3) is 2.41. The van der Waals surface area contributed by atoms with Crippen molar-refractivity contribution in [2.24, 2.45) is 0 Å². The van der Waals surface area contributed by atoms with Crippen molar-refractivity contribution < 1.29 is 18.3 Å². The molecule has 5 heteroatoms. The van der Waals surface area contributed by atoms with Gasteiger partial charge in [0.1, 0.15) is 6.10 Å². The molecule has 14 heavy (non-hydrogen) atoms. The lowest BCUT2D eigenvalue weighted by Crippen LogP contribution is -2.53. The van der Waals surface area contributed by atoms with E-state index in [2.05, 4.69) is 0 Å². The molecule has 0 unspecified atom stereocenters. The van der Waals surface area contributed by atoms with E-state index < -0.39 is 18.6 Å². The Kier molecular flexibility index (Phi) is 3.42. The number of amides is 1. The highest BCUT2D eigenvalue weighted by molar-refractivity contribution is 5.73. The monoisotopic (exact) mass is 207 g/mol. The Morgan fingerprint density at radius 3 is 2.71 bits per heavy atom. The third-order valence-corrected chi connectivity index (χ3v) is 2.35. The van der Waals surface area contributed by atoms with Gasteiger partial charge in [-0.2, -0.15) is 0 Å². The lowest BCUT2D eigenvalue weighted by atomic mass is 10.0. The Bertz CT molecular complexity index is 221. The SMILES string of the molecule is CCO[C@H]1CCN(C(C)=O)CC1(F)F. The van der Waals surface area contributed by atoms with E-state index in [9.17, 15) is 13.6 Å². The molecule has 1 atom stereocenters. The summed E-state index contributed by atoms with van der Waals surface area (Å²) in [6.07, 6.45) is -0.830. The number of nitrogens with zero attached hydrogens (tertiary/aromatic N) is 1. The van der Waals surface area contributed by atoms with Crippen molar-refractivity contribution in [3.63, 3.8) is 0 Å². The first-order valence-electron chi connectivity index (χ1n) is 4.72. The zero-order valence-electron chi connectivity index (χ0n) is 8.43. The number of halogens is 2. The van der Waals surface area contributed by atoms with Gasteiger partial charge in [0.05, 0.1) is 6.54 Å². The van der Waals surface area contributed by atoms with E-state index >= 15 is 0 Å². The summed E-state index contributed by atoms with van der Waals surface area (Å²) in [5, 5.41) is 0. The minimum Gasteiger partial charge on any atom is -0.372 e. The van der Waals surface area contributed by atoms with Crippen LogP contribution >= 0.6 is 0 Å². The van der Waals surface area contributed by atoms with Gasteiger partial charge in [0.25, 0.3) is 5.92 Å². The second-order valence-electron chi connectivity index (χ2n) is 3.43. The van der Waals surface area contributed by atoms with E-state index in [-0.39, 0.29) is 18.9 Å². The molecule has 1 amide bonds. The summed E-state index contributed by atoms with van der Waals surface area (Å²) < 4.78 is 31.6. The fourth-order valence-electron chi connectivity index (χ4n) is 1.59. The van der Waals surface area contributed by atoms with Gasteiger partial charge in [0.15, 0.2) is 0 Å². The molecule has 1 aliphatic rings. The average molecular weight is 207 g/mol. The van der Waals surface area contributed by atoms with Gasteiger partial charge < -0.3 is 9.64 Å². The van der Waals surface area contributed by atoms with Crippen molar-refractivity contribution in [1.82, 2.24) is 4.90 Å². The van der Waals surface area contributed by atoms with Crippen molar-refractivity contribution >= 4 is 5.91 Å². The van der Waals surface area contributed by atoms with Gasteiger partial charge in [-0.3, -0.25) is 4.79 Å². The predicted octanol–water partition coefficient (Wildman–Crippen LogP) is 1.28. The Labute approximate surface area is 82.0 Å². The van der Waals surface area contributed by atoms with Crippen LogP contribution in [0.3, 0.4) is 0 Å². The summed E-state index contributed by atoms with van der Waals surface area (Å²) in [4.78, 5) is 12.1. The minimum atomic E-state index is -2.92. The van der Waals surface area contributed by atoms with E-state index in [1.807, 2.05) is 0 Å². The Morgan fingerprint density at radius 1 is 1.64 bits per heavy atom. The lowest BCUT2D eigenvalue weighted by Gasteiger charge is -2.37. The molecule has 1 saturated heterocycles. The van der Waals surface area contributed by atoms with Crippen LogP contribution in [0, 0.1) is 0 Å². The number of hydrogen-bond acceptors (Lipinski definition) is 2. The highest BCUT2D eigenvalue weighted by Crippen LogP contribution is 2.29. The first-order valence-corrected chi connectivity index (χ1v) is 4.72. The van der Waals surface area contributed by atoms with Crippen molar-refractivity contribution in [3.8, 4) is 0 Å². The Hall–Kier alpha value is -0.710. The summed E-state index contributed by atoms with van der Waals surface area (Å²) in [5.41, 5.74) is 0. The molecule has 0 aromatic heterocycles. The molecular weight excluding hydrogens is 192 g/mol. The topological polar surface area (TPSA) is 29.5 Å². The normalized spacial score (nSPS) is 26.3. The van der Waals surface area contributed by atoms with Crippen LogP contribution in [0.4, 0.5) is 8.78 Å². The van der Waals surface area contributed by atoms with Crippen LogP contribution in [0.5, 0.6) is 0 Å². The third-order valence-electron chi connectivity index (χ3n) is 2.35. The van der Waals surface area contributed by atoms with Crippen molar-refractivity contribution in [1.29, 1.82) is 0 Å². The number of piperidine rings is 1. The molecule has 1 aliphatic heterocycles. The maximum absolute atomic E-state index is 13.3. The minimum absolute atomic E-state index is 0.209. The van der Waals surface area contributed by atoms with Crippen LogP contribution in [0.15, 0.2) is 0 Å². The molecule has 0 N–H and O–H groups in total. The predicted molar refractivity (Wildman–Crippen MR) is 47.2 cm³/mol. The van der Waals surface area contributed by atoms with Crippen LogP contribution in [0.25, 0.3) is 0 Å². The summed E-state index contributed by atoms with van der Waals surface area (Å²) in [5.74, 6) is -3.22. The molecule has 0 aromatic carbocycles. The Balaban J connectivity index is 2.60. The van der Waals surface area contributed by atoms with Crippen molar-refractivity contribution in [2.75, 3.05) is 19.7 Å². The molecule has 0 bridgehead atoms. The number of carbonyl (C=O) groups excluding carboxylic acids is 1.